The molecule has 0 radical (unpaired) electrons. The molecule has 0 atom stereocenters. The molecule has 2 heterocycles. The van der Waals surface area contributed by atoms with Gasteiger partial charge in [-0.2, -0.15) is 4.73 Å². The maximum atomic E-state index is 5.86. The van der Waals surface area contributed by atoms with Crippen LogP contribution in [-0.2, 0) is 19.4 Å². The predicted molar refractivity (Wildman–Crippen MR) is 150 cm³/mol. The lowest BCUT2D eigenvalue weighted by molar-refractivity contribution is 0.0986. The monoisotopic (exact) mass is 501 g/mol. The minimum Gasteiger partial charge on any atom is -0.413 e. The van der Waals surface area contributed by atoms with Crippen LogP contribution in [0.1, 0.15) is 147 Å². The average Bonchev–Trinajstić information content (AvgIpc) is 3.54. The summed E-state index contributed by atoms with van der Waals surface area (Å²) < 4.78 is 3.82. The second-order valence-corrected chi connectivity index (χ2v) is 10.5. The molecule has 0 unspecified atom stereocenters. The SMILES string of the molecule is CCCCCCCCCCCCCCCCCc1cn(CCCCOn2ccnc2CCCC)nn1. The molecular weight excluding hydrogens is 446 g/mol. The van der Waals surface area contributed by atoms with Gasteiger partial charge < -0.3 is 4.84 Å². The molecule has 0 amide bonds. The van der Waals surface area contributed by atoms with Crippen molar-refractivity contribution in [2.75, 3.05) is 6.61 Å². The fourth-order valence-corrected chi connectivity index (χ4v) is 4.73. The number of aryl methyl sites for hydroxylation is 3. The molecule has 0 saturated heterocycles. The van der Waals surface area contributed by atoms with E-state index in [1.807, 2.05) is 21.8 Å². The van der Waals surface area contributed by atoms with Crippen LogP contribution in [0.4, 0.5) is 0 Å². The number of nitrogens with zero attached hydrogens (tertiary/aromatic N) is 5. The Labute approximate surface area is 221 Å². The number of hydrogen-bond donors (Lipinski definition) is 0. The summed E-state index contributed by atoms with van der Waals surface area (Å²) in [6.45, 7) is 6.10. The normalized spacial score (nSPS) is 11.4. The van der Waals surface area contributed by atoms with Crippen LogP contribution < -0.4 is 4.84 Å². The lowest BCUT2D eigenvalue weighted by Crippen LogP contribution is -2.15. The van der Waals surface area contributed by atoms with E-state index in [0.29, 0.717) is 6.61 Å². The van der Waals surface area contributed by atoms with E-state index in [-0.39, 0.29) is 0 Å². The van der Waals surface area contributed by atoms with Crippen LogP contribution >= 0.6 is 0 Å². The zero-order valence-corrected chi connectivity index (χ0v) is 23.6. The van der Waals surface area contributed by atoms with Crippen LogP contribution in [0.5, 0.6) is 0 Å². The Kier molecular flexibility index (Phi) is 17.9. The van der Waals surface area contributed by atoms with E-state index in [2.05, 4.69) is 35.3 Å². The molecule has 0 fully saturated rings. The number of hydrogen-bond acceptors (Lipinski definition) is 4. The molecule has 2 aromatic rings. The summed E-state index contributed by atoms with van der Waals surface area (Å²) in [5.74, 6) is 1.02. The van der Waals surface area contributed by atoms with E-state index in [1.165, 1.54) is 103 Å². The molecule has 0 saturated carbocycles. The van der Waals surface area contributed by atoms with Crippen molar-refractivity contribution in [1.29, 1.82) is 0 Å². The minimum atomic E-state index is 0.705. The highest BCUT2D eigenvalue weighted by Crippen LogP contribution is 2.14. The predicted octanol–water partition coefficient (Wildman–Crippen LogP) is 8.14. The van der Waals surface area contributed by atoms with Crippen molar-refractivity contribution in [1.82, 2.24) is 24.7 Å². The topological polar surface area (TPSA) is 57.8 Å². The van der Waals surface area contributed by atoms with Crippen LogP contribution in [0.2, 0.25) is 0 Å². The first-order chi connectivity index (χ1) is 17.8. The Morgan fingerprint density at radius 1 is 0.667 bits per heavy atom. The van der Waals surface area contributed by atoms with Gasteiger partial charge in [-0.15, -0.1) is 5.10 Å². The summed E-state index contributed by atoms with van der Waals surface area (Å²) in [5, 5.41) is 8.68. The van der Waals surface area contributed by atoms with Crippen molar-refractivity contribution < 1.29 is 4.84 Å². The molecule has 36 heavy (non-hydrogen) atoms. The van der Waals surface area contributed by atoms with Gasteiger partial charge in [0.15, 0.2) is 0 Å². The quantitative estimate of drug-likeness (QED) is 0.129. The number of rotatable bonds is 25. The molecule has 2 aromatic heterocycles. The molecule has 0 N–H and O–H groups in total. The van der Waals surface area contributed by atoms with Crippen molar-refractivity contribution in [3.05, 3.63) is 30.1 Å². The van der Waals surface area contributed by atoms with Crippen LogP contribution in [0.15, 0.2) is 18.6 Å². The Bertz CT molecular complexity index is 741. The van der Waals surface area contributed by atoms with Gasteiger partial charge in [0.1, 0.15) is 12.4 Å². The molecule has 2 rings (SSSR count). The van der Waals surface area contributed by atoms with E-state index < -0.39 is 0 Å². The van der Waals surface area contributed by atoms with Gasteiger partial charge in [-0.3, -0.25) is 4.68 Å². The zero-order valence-electron chi connectivity index (χ0n) is 23.6. The van der Waals surface area contributed by atoms with Crippen LogP contribution in [0, 0.1) is 0 Å². The van der Waals surface area contributed by atoms with Gasteiger partial charge in [-0.25, -0.2) is 4.98 Å². The third kappa shape index (κ3) is 14.6. The van der Waals surface area contributed by atoms with Crippen molar-refractivity contribution in [3.8, 4) is 0 Å². The average molecular weight is 502 g/mol. The fourth-order valence-electron chi connectivity index (χ4n) is 4.73. The summed E-state index contributed by atoms with van der Waals surface area (Å²) in [6.07, 6.45) is 33.3. The molecule has 6 heteroatoms. The van der Waals surface area contributed by atoms with E-state index in [9.17, 15) is 0 Å². The highest BCUT2D eigenvalue weighted by molar-refractivity contribution is 4.92. The van der Waals surface area contributed by atoms with Gasteiger partial charge in [0, 0.05) is 25.4 Å². The Morgan fingerprint density at radius 3 is 1.92 bits per heavy atom. The van der Waals surface area contributed by atoms with E-state index >= 15 is 0 Å². The number of aromatic nitrogens is 5. The minimum absolute atomic E-state index is 0.705. The molecule has 0 aliphatic heterocycles. The van der Waals surface area contributed by atoms with Crippen molar-refractivity contribution in [3.63, 3.8) is 0 Å². The lowest BCUT2D eigenvalue weighted by Gasteiger charge is -2.09. The van der Waals surface area contributed by atoms with Gasteiger partial charge in [0.2, 0.25) is 0 Å². The van der Waals surface area contributed by atoms with Gasteiger partial charge in [-0.1, -0.05) is 115 Å². The standard InChI is InChI=1S/C30H55N5O/c1-3-5-7-8-9-10-11-12-13-14-15-16-17-18-19-22-29-28-34(33-32-29)25-20-21-27-36-35-26-24-31-30(35)23-6-4-2/h24,26,28H,3-23,25,27H2,1-2H3. The maximum Gasteiger partial charge on any atom is 0.144 e. The first-order valence-electron chi connectivity index (χ1n) is 15.4. The van der Waals surface area contributed by atoms with Crippen LogP contribution in [0.25, 0.3) is 0 Å². The summed E-state index contributed by atoms with van der Waals surface area (Å²) >= 11 is 0. The lowest BCUT2D eigenvalue weighted by atomic mass is 10.0. The summed E-state index contributed by atoms with van der Waals surface area (Å²) in [5.41, 5.74) is 1.14. The second kappa shape index (κ2) is 21.3. The van der Waals surface area contributed by atoms with Crippen LogP contribution in [0.3, 0.4) is 0 Å². The van der Waals surface area contributed by atoms with E-state index in [1.54, 1.807) is 0 Å². The molecule has 6 nitrogen and oxygen atoms in total. The van der Waals surface area contributed by atoms with E-state index in [4.69, 9.17) is 4.84 Å². The molecular formula is C30H55N5O. The Balaban J connectivity index is 1.37. The summed E-state index contributed by atoms with van der Waals surface area (Å²) in [4.78, 5) is 10.3. The Morgan fingerprint density at radius 2 is 1.28 bits per heavy atom. The summed E-state index contributed by atoms with van der Waals surface area (Å²) in [6, 6.07) is 0. The van der Waals surface area contributed by atoms with Crippen molar-refractivity contribution >= 4 is 0 Å². The van der Waals surface area contributed by atoms with Crippen molar-refractivity contribution in [2.24, 2.45) is 0 Å². The Hall–Kier alpha value is -1.85. The smallest absolute Gasteiger partial charge is 0.144 e. The molecule has 0 bridgehead atoms. The number of imidazole rings is 1. The zero-order chi connectivity index (χ0) is 25.5. The first-order valence-corrected chi connectivity index (χ1v) is 15.4. The second-order valence-electron chi connectivity index (χ2n) is 10.5. The van der Waals surface area contributed by atoms with Gasteiger partial charge in [-0.05, 0) is 32.1 Å². The van der Waals surface area contributed by atoms with Gasteiger partial charge in [0.25, 0.3) is 0 Å². The van der Waals surface area contributed by atoms with E-state index in [0.717, 1.165) is 50.2 Å². The summed E-state index contributed by atoms with van der Waals surface area (Å²) in [7, 11) is 0. The van der Waals surface area contributed by atoms with Gasteiger partial charge >= 0.3 is 0 Å². The maximum absolute atomic E-state index is 5.86. The molecule has 0 spiro atoms. The largest absolute Gasteiger partial charge is 0.413 e. The van der Waals surface area contributed by atoms with Crippen LogP contribution in [-0.4, -0.2) is 31.3 Å². The molecule has 206 valence electrons. The molecule has 0 aromatic carbocycles. The highest BCUT2D eigenvalue weighted by Gasteiger charge is 2.04. The van der Waals surface area contributed by atoms with Crippen molar-refractivity contribution in [2.45, 2.75) is 155 Å². The molecule has 0 aliphatic rings. The first kappa shape index (κ1) is 30.4. The highest BCUT2D eigenvalue weighted by atomic mass is 16.7. The third-order valence-corrected chi connectivity index (χ3v) is 7.07. The molecule has 0 aliphatic carbocycles. The van der Waals surface area contributed by atoms with Gasteiger partial charge in [0.05, 0.1) is 11.9 Å². The number of unbranched alkanes of at least 4 members (excludes halogenated alkanes) is 16. The fraction of sp³-hybridized carbons (Fsp3) is 0.833. The third-order valence-electron chi connectivity index (χ3n) is 7.07.